The minimum absolute atomic E-state index is 0.0153. The highest BCUT2D eigenvalue weighted by Crippen LogP contribution is 2.43. The summed E-state index contributed by atoms with van der Waals surface area (Å²) in [7, 11) is 3.27. The molecule has 3 amide bonds. The summed E-state index contributed by atoms with van der Waals surface area (Å²) in [6.45, 7) is 15.3. The zero-order valence-electron chi connectivity index (χ0n) is 43.7. The number of carbonyl (C=O) groups excluding carboxylic acids is 4. The molecule has 2 fully saturated rings. The monoisotopic (exact) mass is 994 g/mol. The topological polar surface area (TPSA) is 191 Å². The van der Waals surface area contributed by atoms with Crippen LogP contribution in [0, 0.1) is 23.2 Å². The predicted octanol–water partition coefficient (Wildman–Crippen LogP) is 7.85. The number of hydrogen-bond donors (Lipinski definition) is 4. The third-order valence-corrected chi connectivity index (χ3v) is 14.5. The number of fused-ring (bicyclic) bond motifs is 6. The largest absolute Gasteiger partial charge is 0.508 e. The Morgan fingerprint density at radius 3 is 2.52 bits per heavy atom. The van der Waals surface area contributed by atoms with Gasteiger partial charge in [-0.15, -0.1) is 0 Å². The third-order valence-electron chi connectivity index (χ3n) is 14.5. The number of phenols is 1. The normalized spacial score (nSPS) is 20.9. The van der Waals surface area contributed by atoms with E-state index in [9.17, 15) is 24.3 Å². The van der Waals surface area contributed by atoms with Gasteiger partial charge in [0.25, 0.3) is 11.8 Å². The summed E-state index contributed by atoms with van der Waals surface area (Å²) >= 11 is 0. The number of benzene rings is 3. The van der Waals surface area contributed by atoms with Gasteiger partial charge in [-0.1, -0.05) is 70.7 Å². The molecule has 0 saturated carbocycles. The van der Waals surface area contributed by atoms with Crippen LogP contribution in [0.3, 0.4) is 0 Å². The van der Waals surface area contributed by atoms with Gasteiger partial charge >= 0.3 is 5.97 Å². The van der Waals surface area contributed by atoms with Crippen molar-refractivity contribution in [3.05, 3.63) is 101 Å². The summed E-state index contributed by atoms with van der Waals surface area (Å²) < 4.78 is 20.4. The first kappa shape index (κ1) is 52.6. The molecule has 5 N–H and O–H groups in total. The fourth-order valence-corrected chi connectivity index (χ4v) is 10.8. The van der Waals surface area contributed by atoms with Gasteiger partial charge in [0, 0.05) is 91.9 Å². The first-order valence-electron chi connectivity index (χ1n) is 25.7. The lowest BCUT2D eigenvalue weighted by molar-refractivity contribution is -0.155. The fraction of sp³-hybridized carbons (Fsp3) is 0.466. The van der Waals surface area contributed by atoms with Gasteiger partial charge in [-0.3, -0.25) is 29.2 Å². The molecular formula is C58H71N7O8. The van der Waals surface area contributed by atoms with E-state index in [2.05, 4.69) is 66.1 Å². The molecule has 15 nitrogen and oxygen atoms in total. The van der Waals surface area contributed by atoms with Crippen molar-refractivity contribution in [2.24, 2.45) is 11.3 Å². The number of aromatic hydroxyl groups is 1. The molecule has 6 bridgehead atoms. The molecule has 5 aromatic rings. The molecule has 6 atom stereocenters. The highest BCUT2D eigenvalue weighted by molar-refractivity contribution is 5.96. The molecule has 8 rings (SSSR count). The number of cyclic esters (lactones) is 1. The summed E-state index contributed by atoms with van der Waals surface area (Å²) in [5.41, 5.74) is 17.6. The van der Waals surface area contributed by atoms with Gasteiger partial charge in [-0.2, -0.15) is 0 Å². The molecule has 0 radical (unpaired) electrons. The number of nitrogen functional groups attached to an aromatic ring is 1. The van der Waals surface area contributed by atoms with E-state index in [4.69, 9.17) is 24.9 Å². The minimum Gasteiger partial charge on any atom is -0.508 e. The number of ether oxygens (including phenoxy) is 3. The molecule has 0 aliphatic carbocycles. The number of rotatable bonds is 10. The quantitative estimate of drug-likeness (QED) is 0.0606. The first-order chi connectivity index (χ1) is 34.9. The lowest BCUT2D eigenvalue weighted by Crippen LogP contribution is -2.62. The van der Waals surface area contributed by atoms with Crippen molar-refractivity contribution < 1.29 is 38.5 Å². The summed E-state index contributed by atoms with van der Waals surface area (Å²) in [6, 6.07) is 18.0. The maximum absolute atomic E-state index is 14.9. The number of anilines is 1. The van der Waals surface area contributed by atoms with Gasteiger partial charge < -0.3 is 39.8 Å². The van der Waals surface area contributed by atoms with Crippen LogP contribution in [0.25, 0.3) is 33.3 Å². The standard InChI is InChI=1S/C58H71N7O8/c1-10-12-14-36-27-45(50(60-32-36)35(5)71-9)52-46-31-58(6,7)33-73-57(70)47-15-13-23-65(62-47)55(68)48(28-37-25-40(29-42(66)26-37)39-18-21-49(44(46)30-39)64(52)11-2)61-54(67)51(34(3)4)63(8)56(69)53-43(22-24-72-53)38-16-19-41(59)20-17-38/h16-21,25-27,29-30,32,34-35,43,47-48,51,53,62,66H,10-11,13,15,22-24,28,31,33,59H2,1-9H3,(H,61,67)/t35-,43+,47-,48-,51-,53+/m0/s1. The van der Waals surface area contributed by atoms with Crippen molar-refractivity contribution in [1.82, 2.24) is 30.2 Å². The van der Waals surface area contributed by atoms with Gasteiger partial charge in [0.15, 0.2) is 0 Å². The summed E-state index contributed by atoms with van der Waals surface area (Å²) in [4.78, 5) is 64.5. The zero-order chi connectivity index (χ0) is 52.3. The highest BCUT2D eigenvalue weighted by Gasteiger charge is 2.42. The number of nitrogens with two attached hydrogens (primary N) is 1. The van der Waals surface area contributed by atoms with E-state index < -0.39 is 47.4 Å². The highest BCUT2D eigenvalue weighted by atomic mass is 16.5. The van der Waals surface area contributed by atoms with Crippen molar-refractivity contribution in [1.29, 1.82) is 0 Å². The number of hydrogen-bond acceptors (Lipinski definition) is 11. The molecule has 3 aromatic carbocycles. The number of likely N-dealkylation sites (N-methyl/N-ethyl adjacent to an activating group) is 1. The summed E-state index contributed by atoms with van der Waals surface area (Å²) in [5, 5.41) is 16.9. The Kier molecular flexibility index (Phi) is 16.0. The maximum Gasteiger partial charge on any atom is 0.324 e. The number of aromatic nitrogens is 2. The van der Waals surface area contributed by atoms with Crippen molar-refractivity contribution in [3.63, 3.8) is 0 Å². The number of hydrazine groups is 1. The summed E-state index contributed by atoms with van der Waals surface area (Å²) in [6.07, 6.45) is 3.38. The average molecular weight is 994 g/mol. The third kappa shape index (κ3) is 11.3. The molecule has 0 unspecified atom stereocenters. The van der Waals surface area contributed by atoms with Crippen LogP contribution in [0.5, 0.6) is 5.75 Å². The van der Waals surface area contributed by atoms with Crippen LogP contribution in [-0.4, -0.2) is 106 Å². The Labute approximate surface area is 429 Å². The first-order valence-corrected chi connectivity index (χ1v) is 25.7. The Morgan fingerprint density at radius 2 is 1.81 bits per heavy atom. The molecule has 0 spiro atoms. The van der Waals surface area contributed by atoms with E-state index in [1.165, 1.54) is 9.91 Å². The smallest absolute Gasteiger partial charge is 0.324 e. The fourth-order valence-electron chi connectivity index (χ4n) is 10.8. The van der Waals surface area contributed by atoms with Crippen LogP contribution < -0.4 is 16.5 Å². The van der Waals surface area contributed by atoms with E-state index in [1.807, 2.05) is 52.0 Å². The van der Waals surface area contributed by atoms with E-state index in [0.29, 0.717) is 62.1 Å². The number of amides is 3. The van der Waals surface area contributed by atoms with Crippen molar-refractivity contribution in [3.8, 4) is 40.0 Å². The molecule has 5 heterocycles. The van der Waals surface area contributed by atoms with Gasteiger partial charge in [-0.25, -0.2) is 5.43 Å². The lowest BCUT2D eigenvalue weighted by Gasteiger charge is -2.37. The van der Waals surface area contributed by atoms with Crippen molar-refractivity contribution >= 4 is 40.3 Å². The number of aryl methyl sites for hydroxylation is 1. The Hall–Kier alpha value is -6.73. The van der Waals surface area contributed by atoms with Gasteiger partial charge in [-0.05, 0) is 116 Å². The second-order valence-electron chi connectivity index (χ2n) is 20.9. The molecule has 386 valence electrons. The number of pyridine rings is 1. The van der Waals surface area contributed by atoms with Gasteiger partial charge in [0.1, 0.15) is 30.0 Å². The second-order valence-corrected chi connectivity index (χ2v) is 20.9. The van der Waals surface area contributed by atoms with Crippen LogP contribution >= 0.6 is 0 Å². The Balaban J connectivity index is 1.21. The van der Waals surface area contributed by atoms with Crippen LogP contribution in [0.15, 0.2) is 72.9 Å². The van der Waals surface area contributed by atoms with Gasteiger partial charge in [0.05, 0.1) is 24.1 Å². The zero-order valence-corrected chi connectivity index (χ0v) is 43.7. The number of methoxy groups -OCH3 is 1. The Bertz CT molecular complexity index is 2930. The molecule has 3 aliphatic heterocycles. The van der Waals surface area contributed by atoms with E-state index in [1.54, 1.807) is 44.6 Å². The van der Waals surface area contributed by atoms with Crippen molar-refractivity contribution in [2.45, 2.75) is 130 Å². The maximum atomic E-state index is 14.9. The SMILES string of the molecule is CCC#Cc1cnc([C@H](C)OC)c(-c2c3c4cc(ccc4n2CC)-c2cc(O)cc(c2)C[C@H](NC(=O)[C@H](C(C)C)N(C)C(=O)[C@@H]2OCC[C@@H]2c2ccc(N)cc2)C(=O)N2CCC[C@H](N2)C(=O)OCC(C)(C)C3)c1. The lowest BCUT2D eigenvalue weighted by atomic mass is 9.84. The van der Waals surface area contributed by atoms with E-state index in [-0.39, 0.29) is 49.2 Å². The summed E-state index contributed by atoms with van der Waals surface area (Å²) in [5.74, 6) is 4.03. The molecular weight excluding hydrogens is 923 g/mol. The Morgan fingerprint density at radius 1 is 1.04 bits per heavy atom. The number of nitrogens with zero attached hydrogens (tertiary/aromatic N) is 4. The molecule has 2 saturated heterocycles. The van der Waals surface area contributed by atoms with E-state index in [0.717, 1.165) is 50.1 Å². The average Bonchev–Trinajstić information content (AvgIpc) is 3.98. The van der Waals surface area contributed by atoms with Crippen LogP contribution in [-0.2, 0) is 52.8 Å². The van der Waals surface area contributed by atoms with Crippen LogP contribution in [0.1, 0.15) is 114 Å². The number of esters is 1. The molecule has 15 heteroatoms. The number of nitrogens with one attached hydrogen (secondary N) is 2. The minimum atomic E-state index is -1.18. The molecule has 3 aliphatic rings. The van der Waals surface area contributed by atoms with Crippen molar-refractivity contribution in [2.75, 3.05) is 39.6 Å². The molecule has 73 heavy (non-hydrogen) atoms. The number of carbonyl (C=O) groups is 4. The van der Waals surface area contributed by atoms with Gasteiger partial charge in [0.2, 0.25) is 5.91 Å². The van der Waals surface area contributed by atoms with Crippen LogP contribution in [0.4, 0.5) is 5.69 Å². The van der Waals surface area contributed by atoms with Crippen LogP contribution in [0.2, 0.25) is 0 Å². The second kappa shape index (κ2) is 22.2. The molecule has 2 aromatic heterocycles. The number of phenolic OH excluding ortho intramolecular Hbond substituents is 1. The predicted molar refractivity (Wildman–Crippen MR) is 282 cm³/mol. The van der Waals surface area contributed by atoms with E-state index >= 15 is 0 Å².